The van der Waals surface area contributed by atoms with Gasteiger partial charge in [-0.25, -0.2) is 0 Å². The fourth-order valence-electron chi connectivity index (χ4n) is 2.54. The lowest BCUT2D eigenvalue weighted by atomic mass is 9.85. The minimum Gasteiger partial charge on any atom is -0.313 e. The Balaban J connectivity index is 2.19. The number of benzene rings is 2. The van der Waals surface area contributed by atoms with Crippen LogP contribution in [0.3, 0.4) is 0 Å². The second-order valence-electron chi connectivity index (χ2n) is 6.59. The zero-order chi connectivity index (χ0) is 14.6. The molecule has 0 saturated carbocycles. The zero-order valence-corrected chi connectivity index (χ0v) is 13.0. The van der Waals surface area contributed by atoms with Gasteiger partial charge in [-0.3, -0.25) is 0 Å². The van der Waals surface area contributed by atoms with E-state index in [1.165, 1.54) is 16.7 Å². The highest BCUT2D eigenvalue weighted by Crippen LogP contribution is 2.30. The van der Waals surface area contributed by atoms with Gasteiger partial charge in [0, 0.05) is 6.04 Å². The lowest BCUT2D eigenvalue weighted by molar-refractivity contribution is 0.321. The maximum absolute atomic E-state index is 3.43. The zero-order valence-electron chi connectivity index (χ0n) is 13.0. The monoisotopic (exact) mass is 267 g/mol. The summed E-state index contributed by atoms with van der Waals surface area (Å²) in [6.45, 7) is 6.86. The van der Waals surface area contributed by atoms with E-state index in [4.69, 9.17) is 0 Å². The molecule has 2 aromatic rings. The summed E-state index contributed by atoms with van der Waals surface area (Å²) in [5.74, 6) is 0. The van der Waals surface area contributed by atoms with Crippen LogP contribution in [0.15, 0.2) is 54.6 Å². The van der Waals surface area contributed by atoms with Crippen molar-refractivity contribution in [3.05, 3.63) is 60.2 Å². The number of nitrogens with one attached hydrogen (secondary N) is 1. The Morgan fingerprint density at radius 2 is 1.40 bits per heavy atom. The molecule has 2 rings (SSSR count). The van der Waals surface area contributed by atoms with E-state index in [2.05, 4.69) is 80.7 Å². The molecule has 0 amide bonds. The molecule has 0 aliphatic rings. The summed E-state index contributed by atoms with van der Waals surface area (Å²) in [5.41, 5.74) is 4.24. The standard InChI is InChI=1S/C19H25N/c1-19(2,3)14-18(20-4)17-12-10-16(11-13-17)15-8-6-5-7-9-15/h5-13,18,20H,14H2,1-4H3. The van der Waals surface area contributed by atoms with Gasteiger partial charge in [0.1, 0.15) is 0 Å². The van der Waals surface area contributed by atoms with E-state index in [1.54, 1.807) is 0 Å². The molecule has 2 aromatic carbocycles. The Morgan fingerprint density at radius 3 is 1.90 bits per heavy atom. The first-order chi connectivity index (χ1) is 9.49. The molecule has 1 nitrogen and oxygen atoms in total. The average molecular weight is 267 g/mol. The summed E-state index contributed by atoms with van der Waals surface area (Å²) < 4.78 is 0. The highest BCUT2D eigenvalue weighted by molar-refractivity contribution is 5.63. The van der Waals surface area contributed by atoms with Gasteiger partial charge in [0.2, 0.25) is 0 Å². The van der Waals surface area contributed by atoms with E-state index in [-0.39, 0.29) is 0 Å². The Bertz CT molecular complexity index is 520. The van der Waals surface area contributed by atoms with Crippen LogP contribution < -0.4 is 5.32 Å². The van der Waals surface area contributed by atoms with Gasteiger partial charge in [0.25, 0.3) is 0 Å². The molecular formula is C19H25N. The predicted octanol–water partition coefficient (Wildman–Crippen LogP) is 5.05. The summed E-state index contributed by atoms with van der Waals surface area (Å²) in [6.07, 6.45) is 1.13. The van der Waals surface area contributed by atoms with Gasteiger partial charge in [-0.05, 0) is 35.6 Å². The van der Waals surface area contributed by atoms with Crippen molar-refractivity contribution in [3.8, 4) is 11.1 Å². The average Bonchev–Trinajstić information content (AvgIpc) is 2.45. The van der Waals surface area contributed by atoms with E-state index in [1.807, 2.05) is 7.05 Å². The molecular weight excluding hydrogens is 242 g/mol. The van der Waals surface area contributed by atoms with Crippen molar-refractivity contribution >= 4 is 0 Å². The maximum Gasteiger partial charge on any atom is 0.0322 e. The fourth-order valence-corrected chi connectivity index (χ4v) is 2.54. The van der Waals surface area contributed by atoms with E-state index in [0.717, 1.165) is 6.42 Å². The number of hydrogen-bond acceptors (Lipinski definition) is 1. The highest BCUT2D eigenvalue weighted by atomic mass is 14.9. The van der Waals surface area contributed by atoms with Crippen molar-refractivity contribution < 1.29 is 0 Å². The molecule has 0 bridgehead atoms. The molecule has 0 aliphatic carbocycles. The van der Waals surface area contributed by atoms with E-state index >= 15 is 0 Å². The van der Waals surface area contributed by atoms with Crippen LogP contribution in [-0.2, 0) is 0 Å². The van der Waals surface area contributed by atoms with Crippen molar-refractivity contribution in [1.29, 1.82) is 0 Å². The minimum atomic E-state index is 0.325. The third kappa shape index (κ3) is 3.94. The van der Waals surface area contributed by atoms with Crippen LogP contribution in [0.2, 0.25) is 0 Å². The minimum absolute atomic E-state index is 0.325. The summed E-state index contributed by atoms with van der Waals surface area (Å²) >= 11 is 0. The maximum atomic E-state index is 3.43. The second kappa shape index (κ2) is 6.23. The van der Waals surface area contributed by atoms with Crippen molar-refractivity contribution in [2.45, 2.75) is 33.2 Å². The van der Waals surface area contributed by atoms with Gasteiger partial charge < -0.3 is 5.32 Å². The van der Waals surface area contributed by atoms with E-state index in [9.17, 15) is 0 Å². The first-order valence-corrected chi connectivity index (χ1v) is 7.32. The van der Waals surface area contributed by atoms with Crippen LogP contribution in [0.5, 0.6) is 0 Å². The van der Waals surface area contributed by atoms with Gasteiger partial charge >= 0.3 is 0 Å². The molecule has 1 atom stereocenters. The van der Waals surface area contributed by atoms with Crippen molar-refractivity contribution in [3.63, 3.8) is 0 Å². The Kier molecular flexibility index (Phi) is 4.61. The molecule has 1 N–H and O–H groups in total. The first-order valence-electron chi connectivity index (χ1n) is 7.32. The van der Waals surface area contributed by atoms with Crippen LogP contribution in [-0.4, -0.2) is 7.05 Å². The molecule has 0 saturated heterocycles. The smallest absolute Gasteiger partial charge is 0.0322 e. The quantitative estimate of drug-likeness (QED) is 0.817. The summed E-state index contributed by atoms with van der Waals surface area (Å²) in [5, 5.41) is 3.43. The van der Waals surface area contributed by atoms with Crippen LogP contribution in [0.25, 0.3) is 11.1 Å². The molecule has 0 radical (unpaired) electrons. The van der Waals surface area contributed by atoms with Gasteiger partial charge in [-0.2, -0.15) is 0 Å². The Morgan fingerprint density at radius 1 is 0.850 bits per heavy atom. The predicted molar refractivity (Wildman–Crippen MR) is 87.8 cm³/mol. The van der Waals surface area contributed by atoms with Crippen LogP contribution >= 0.6 is 0 Å². The molecule has 20 heavy (non-hydrogen) atoms. The lowest BCUT2D eigenvalue weighted by Gasteiger charge is -2.26. The molecule has 0 spiro atoms. The lowest BCUT2D eigenvalue weighted by Crippen LogP contribution is -2.22. The van der Waals surface area contributed by atoms with Crippen LogP contribution in [0.4, 0.5) is 0 Å². The van der Waals surface area contributed by atoms with Gasteiger partial charge in [0.05, 0.1) is 0 Å². The summed E-state index contributed by atoms with van der Waals surface area (Å²) in [7, 11) is 2.04. The van der Waals surface area contributed by atoms with Crippen molar-refractivity contribution in [1.82, 2.24) is 5.32 Å². The third-order valence-electron chi connectivity index (χ3n) is 3.59. The molecule has 106 valence electrons. The number of rotatable bonds is 4. The first kappa shape index (κ1) is 14.8. The second-order valence-corrected chi connectivity index (χ2v) is 6.59. The largest absolute Gasteiger partial charge is 0.313 e. The highest BCUT2D eigenvalue weighted by Gasteiger charge is 2.18. The molecule has 1 unspecified atom stereocenters. The Hall–Kier alpha value is -1.60. The van der Waals surface area contributed by atoms with Crippen LogP contribution in [0.1, 0.15) is 38.8 Å². The van der Waals surface area contributed by atoms with Crippen LogP contribution in [0, 0.1) is 5.41 Å². The normalized spacial score (nSPS) is 13.2. The SMILES string of the molecule is CNC(CC(C)(C)C)c1ccc(-c2ccccc2)cc1. The van der Waals surface area contributed by atoms with Gasteiger partial charge in [0.15, 0.2) is 0 Å². The van der Waals surface area contributed by atoms with Crippen molar-refractivity contribution in [2.75, 3.05) is 7.05 Å². The Labute approximate surface area is 123 Å². The molecule has 1 heteroatoms. The van der Waals surface area contributed by atoms with Gasteiger partial charge in [-0.1, -0.05) is 75.4 Å². The topological polar surface area (TPSA) is 12.0 Å². The van der Waals surface area contributed by atoms with Crippen molar-refractivity contribution in [2.24, 2.45) is 5.41 Å². The summed E-state index contributed by atoms with van der Waals surface area (Å²) in [6, 6.07) is 19.9. The number of hydrogen-bond donors (Lipinski definition) is 1. The fraction of sp³-hybridized carbons (Fsp3) is 0.368. The molecule has 0 fully saturated rings. The molecule has 0 aliphatic heterocycles. The summed E-state index contributed by atoms with van der Waals surface area (Å²) in [4.78, 5) is 0. The third-order valence-corrected chi connectivity index (χ3v) is 3.59. The van der Waals surface area contributed by atoms with E-state index in [0.29, 0.717) is 11.5 Å². The molecule has 0 aromatic heterocycles. The van der Waals surface area contributed by atoms with Gasteiger partial charge in [-0.15, -0.1) is 0 Å². The van der Waals surface area contributed by atoms with E-state index < -0.39 is 0 Å². The molecule has 0 heterocycles.